The summed E-state index contributed by atoms with van der Waals surface area (Å²) in [6, 6.07) is 13.1. The number of hydrogen-bond donors (Lipinski definition) is 1. The summed E-state index contributed by atoms with van der Waals surface area (Å²) in [7, 11) is -2.20. The van der Waals surface area contributed by atoms with Crippen LogP contribution in [-0.4, -0.2) is 38.9 Å². The molecule has 0 radical (unpaired) electrons. The lowest BCUT2D eigenvalue weighted by Gasteiger charge is -2.21. The smallest absolute Gasteiger partial charge is 0.266 e. The normalized spacial score (nSPS) is 15.0. The number of ether oxygens (including phenoxy) is 1. The molecule has 0 spiro atoms. The minimum Gasteiger partial charge on any atom is -0.497 e. The van der Waals surface area contributed by atoms with Crippen molar-refractivity contribution >= 4 is 33.3 Å². The molecule has 3 rings (SSSR count). The fourth-order valence-corrected chi connectivity index (χ4v) is 4.03. The number of rotatable bonds is 4. The molecular weight excluding hydrogens is 350 g/mol. The van der Waals surface area contributed by atoms with Crippen LogP contribution in [0.2, 0.25) is 5.02 Å². The molecule has 1 saturated heterocycles. The van der Waals surface area contributed by atoms with Crippen LogP contribution in [0.4, 0.5) is 5.69 Å². The number of nitrogens with zero attached hydrogens (tertiary/aromatic N) is 2. The number of nitrogens with one attached hydrogen (secondary N) is 1. The first-order chi connectivity index (χ1) is 11.4. The van der Waals surface area contributed by atoms with E-state index in [4.69, 9.17) is 21.7 Å². The van der Waals surface area contributed by atoms with Crippen LogP contribution in [0.1, 0.15) is 0 Å². The van der Waals surface area contributed by atoms with Crippen molar-refractivity contribution in [3.05, 3.63) is 53.6 Å². The predicted molar refractivity (Wildman–Crippen MR) is 93.4 cm³/mol. The number of benzene rings is 2. The summed E-state index contributed by atoms with van der Waals surface area (Å²) in [4.78, 5) is 1.76. The Balaban J connectivity index is 1.86. The van der Waals surface area contributed by atoms with Gasteiger partial charge in [0.1, 0.15) is 5.75 Å². The maximum Gasteiger partial charge on any atom is 0.266 e. The first kappa shape index (κ1) is 16.6. The second-order valence-electron chi connectivity index (χ2n) is 5.20. The number of guanidine groups is 1. The predicted octanol–water partition coefficient (Wildman–Crippen LogP) is 2.79. The standard InChI is InChI=1S/C16H16ClN3O3S/c1-23-14-6-4-13(5-7-14)19-10-11-20(16(19)18)24(21,22)15-8-2-12(17)3-9-15/h2-9,18H,10-11H2,1H3. The molecule has 0 saturated carbocycles. The molecule has 2 aromatic rings. The average Bonchev–Trinajstić information content (AvgIpc) is 2.97. The van der Waals surface area contributed by atoms with Crippen LogP contribution in [-0.2, 0) is 10.0 Å². The molecule has 126 valence electrons. The van der Waals surface area contributed by atoms with E-state index in [1.807, 2.05) is 0 Å². The molecule has 0 unspecified atom stereocenters. The Morgan fingerprint density at radius 3 is 2.25 bits per heavy atom. The number of hydrogen-bond acceptors (Lipinski definition) is 4. The summed E-state index contributed by atoms with van der Waals surface area (Å²) < 4.78 is 31.7. The first-order valence-corrected chi connectivity index (χ1v) is 9.04. The highest BCUT2D eigenvalue weighted by molar-refractivity contribution is 7.89. The van der Waals surface area contributed by atoms with Crippen molar-refractivity contribution in [1.82, 2.24) is 4.31 Å². The molecule has 2 aromatic carbocycles. The summed E-state index contributed by atoms with van der Waals surface area (Å²) >= 11 is 5.81. The van der Waals surface area contributed by atoms with Gasteiger partial charge in [0, 0.05) is 17.3 Å². The topological polar surface area (TPSA) is 73.7 Å². The second kappa shape index (κ2) is 6.33. The van der Waals surface area contributed by atoms with Crippen molar-refractivity contribution in [2.24, 2.45) is 0 Å². The Morgan fingerprint density at radius 2 is 1.67 bits per heavy atom. The Labute approximate surface area is 145 Å². The summed E-state index contributed by atoms with van der Waals surface area (Å²) in [5, 5.41) is 8.72. The van der Waals surface area contributed by atoms with Gasteiger partial charge in [0.15, 0.2) is 0 Å². The third-order valence-corrected chi connectivity index (χ3v) is 5.86. The molecule has 1 fully saturated rings. The van der Waals surface area contributed by atoms with Crippen LogP contribution < -0.4 is 9.64 Å². The lowest BCUT2D eigenvalue weighted by molar-refractivity contribution is 0.415. The molecule has 0 aromatic heterocycles. The highest BCUT2D eigenvalue weighted by atomic mass is 35.5. The Bertz CT molecular complexity index is 851. The van der Waals surface area contributed by atoms with Gasteiger partial charge in [-0.05, 0) is 48.5 Å². The van der Waals surface area contributed by atoms with Gasteiger partial charge in [-0.25, -0.2) is 12.7 Å². The van der Waals surface area contributed by atoms with Crippen LogP contribution in [0, 0.1) is 5.41 Å². The summed E-state index contributed by atoms with van der Waals surface area (Å²) in [5.41, 5.74) is 0.745. The zero-order valence-electron chi connectivity index (χ0n) is 12.9. The van der Waals surface area contributed by atoms with Crippen LogP contribution in [0.25, 0.3) is 0 Å². The molecule has 0 amide bonds. The molecule has 0 bridgehead atoms. The highest BCUT2D eigenvalue weighted by Crippen LogP contribution is 2.27. The quantitative estimate of drug-likeness (QED) is 0.904. The lowest BCUT2D eigenvalue weighted by Crippen LogP contribution is -2.36. The van der Waals surface area contributed by atoms with E-state index in [2.05, 4.69) is 0 Å². The van der Waals surface area contributed by atoms with Crippen LogP contribution in [0.3, 0.4) is 0 Å². The summed E-state index contributed by atoms with van der Waals surface area (Å²) in [6.07, 6.45) is 0. The maximum atomic E-state index is 12.7. The van der Waals surface area contributed by atoms with Gasteiger partial charge in [-0.1, -0.05) is 11.6 Å². The minimum atomic E-state index is -3.77. The van der Waals surface area contributed by atoms with Gasteiger partial charge in [0.25, 0.3) is 10.0 Å². The Kier molecular flexibility index (Phi) is 4.38. The van der Waals surface area contributed by atoms with Gasteiger partial charge in [0.05, 0.1) is 18.6 Å². The van der Waals surface area contributed by atoms with E-state index in [0.29, 0.717) is 17.3 Å². The molecule has 6 nitrogen and oxygen atoms in total. The lowest BCUT2D eigenvalue weighted by atomic mass is 10.3. The maximum absolute atomic E-state index is 12.7. The van der Waals surface area contributed by atoms with Crippen molar-refractivity contribution < 1.29 is 13.2 Å². The molecule has 8 heteroatoms. The summed E-state index contributed by atoms with van der Waals surface area (Å²) in [6.45, 7) is 0.633. The third kappa shape index (κ3) is 2.92. The van der Waals surface area contributed by atoms with Crippen LogP contribution >= 0.6 is 11.6 Å². The van der Waals surface area contributed by atoms with Crippen molar-refractivity contribution in [1.29, 1.82) is 5.41 Å². The van der Waals surface area contributed by atoms with E-state index in [9.17, 15) is 8.42 Å². The molecule has 1 aliphatic rings. The van der Waals surface area contributed by atoms with E-state index in [1.54, 1.807) is 36.3 Å². The second-order valence-corrected chi connectivity index (χ2v) is 7.50. The fourth-order valence-electron chi connectivity index (χ4n) is 2.52. The largest absolute Gasteiger partial charge is 0.497 e. The number of halogens is 1. The van der Waals surface area contributed by atoms with Crippen molar-refractivity contribution in [2.75, 3.05) is 25.1 Å². The molecule has 1 heterocycles. The van der Waals surface area contributed by atoms with Crippen LogP contribution in [0.5, 0.6) is 5.75 Å². The number of anilines is 1. The fraction of sp³-hybridized carbons (Fsp3) is 0.188. The Morgan fingerprint density at radius 1 is 1.04 bits per heavy atom. The molecule has 1 N–H and O–H groups in total. The number of methoxy groups -OCH3 is 1. The summed E-state index contributed by atoms with van der Waals surface area (Å²) in [5.74, 6) is 0.630. The van der Waals surface area contributed by atoms with Gasteiger partial charge >= 0.3 is 0 Å². The third-order valence-electron chi connectivity index (χ3n) is 3.80. The van der Waals surface area contributed by atoms with Gasteiger partial charge in [-0.2, -0.15) is 0 Å². The first-order valence-electron chi connectivity index (χ1n) is 7.22. The van der Waals surface area contributed by atoms with Crippen LogP contribution in [0.15, 0.2) is 53.4 Å². The van der Waals surface area contributed by atoms with E-state index >= 15 is 0 Å². The van der Waals surface area contributed by atoms with Gasteiger partial charge in [-0.3, -0.25) is 5.41 Å². The SMILES string of the molecule is COc1ccc(N2CCN(S(=O)(=O)c3ccc(Cl)cc3)C2=N)cc1. The van der Waals surface area contributed by atoms with Gasteiger partial charge in [-0.15, -0.1) is 0 Å². The molecule has 0 aliphatic carbocycles. The average molecular weight is 366 g/mol. The van der Waals surface area contributed by atoms with E-state index in [1.165, 1.54) is 24.3 Å². The molecule has 24 heavy (non-hydrogen) atoms. The monoisotopic (exact) mass is 365 g/mol. The van der Waals surface area contributed by atoms with Crippen molar-refractivity contribution in [2.45, 2.75) is 4.90 Å². The van der Waals surface area contributed by atoms with Crippen molar-refractivity contribution in [3.8, 4) is 5.75 Å². The molecular formula is C16H16ClN3O3S. The molecule has 1 aliphatic heterocycles. The Hall–Kier alpha value is -2.25. The number of sulfonamides is 1. The van der Waals surface area contributed by atoms with E-state index < -0.39 is 10.0 Å². The molecule has 0 atom stereocenters. The highest BCUT2D eigenvalue weighted by Gasteiger charge is 2.35. The van der Waals surface area contributed by atoms with Crippen molar-refractivity contribution in [3.63, 3.8) is 0 Å². The van der Waals surface area contributed by atoms with E-state index in [0.717, 1.165) is 9.99 Å². The van der Waals surface area contributed by atoms with E-state index in [-0.39, 0.29) is 17.4 Å². The van der Waals surface area contributed by atoms with Gasteiger partial charge < -0.3 is 9.64 Å². The minimum absolute atomic E-state index is 0.0740. The zero-order chi connectivity index (χ0) is 17.3. The zero-order valence-corrected chi connectivity index (χ0v) is 14.5. The van der Waals surface area contributed by atoms with Gasteiger partial charge in [0.2, 0.25) is 5.96 Å².